The first-order valence-corrected chi connectivity index (χ1v) is 13.0. The number of pyridine rings is 1. The summed E-state index contributed by atoms with van der Waals surface area (Å²) in [5.74, 6) is -1.89. The minimum absolute atomic E-state index is 0.0741. The van der Waals surface area contributed by atoms with Crippen LogP contribution in [0.4, 0.5) is 0 Å². The standard InChI is InChI=1S/C31H26N2O7/c34-23-16-24(35)29-25(36)17-26(18-6-2-1-3-7-18)40-30(29)28(23)20(15-27(37)33-10-12-39-13-11-33)21-14-19-8-4-5-9-22(19)32-31(21)38/h1-9,14,16-17,20,34-35H,10-13,15H2,(H,32,38). The SMILES string of the molecule is O=C(CC(c1cc2ccccc2[nH]c1=O)c1c(O)cc(O)c2c(=O)cc(-c3ccccc3)oc12)N1CCOCC1. The fraction of sp³-hybridized carbons (Fsp3) is 0.194. The molecule has 0 spiro atoms. The van der Waals surface area contributed by atoms with Gasteiger partial charge in [-0.1, -0.05) is 48.5 Å². The van der Waals surface area contributed by atoms with Gasteiger partial charge in [-0.05, 0) is 17.5 Å². The van der Waals surface area contributed by atoms with Crippen LogP contribution < -0.4 is 11.0 Å². The van der Waals surface area contributed by atoms with Crippen LogP contribution >= 0.6 is 0 Å². The molecule has 3 heterocycles. The second-order valence-electron chi connectivity index (χ2n) is 9.76. The van der Waals surface area contributed by atoms with Crippen LogP contribution in [-0.2, 0) is 9.53 Å². The third kappa shape index (κ3) is 4.60. The van der Waals surface area contributed by atoms with Crippen LogP contribution in [-0.4, -0.2) is 52.3 Å². The van der Waals surface area contributed by atoms with Gasteiger partial charge in [-0.15, -0.1) is 0 Å². The number of amides is 1. The molecule has 3 aromatic carbocycles. The van der Waals surface area contributed by atoms with Gasteiger partial charge in [-0.25, -0.2) is 0 Å². The lowest BCUT2D eigenvalue weighted by Crippen LogP contribution is -2.41. The van der Waals surface area contributed by atoms with Crippen molar-refractivity contribution in [2.45, 2.75) is 12.3 Å². The molecule has 1 saturated heterocycles. The maximum Gasteiger partial charge on any atom is 0.252 e. The fourth-order valence-electron chi connectivity index (χ4n) is 5.31. The highest BCUT2D eigenvalue weighted by Gasteiger charge is 2.31. The number of hydrogen-bond acceptors (Lipinski definition) is 7. The predicted molar refractivity (Wildman–Crippen MR) is 150 cm³/mol. The second kappa shape index (κ2) is 10.3. The smallest absolute Gasteiger partial charge is 0.252 e. The molecule has 0 saturated carbocycles. The number of H-pyrrole nitrogens is 1. The Bertz CT molecular complexity index is 1850. The zero-order valence-corrected chi connectivity index (χ0v) is 21.4. The zero-order chi connectivity index (χ0) is 27.8. The van der Waals surface area contributed by atoms with Crippen molar-refractivity contribution < 1.29 is 24.2 Å². The van der Waals surface area contributed by atoms with Crippen molar-refractivity contribution in [2.75, 3.05) is 26.3 Å². The number of carbonyl (C=O) groups excluding carboxylic acids is 1. The summed E-state index contributed by atoms with van der Waals surface area (Å²) < 4.78 is 11.6. The van der Waals surface area contributed by atoms with E-state index in [1.165, 1.54) is 6.07 Å². The lowest BCUT2D eigenvalue weighted by molar-refractivity contribution is -0.135. The Labute approximate surface area is 227 Å². The van der Waals surface area contributed by atoms with Crippen LogP contribution in [0.1, 0.15) is 23.5 Å². The number of aromatic hydroxyl groups is 2. The summed E-state index contributed by atoms with van der Waals surface area (Å²) in [4.78, 5) is 44.8. The number of aromatic amines is 1. The minimum Gasteiger partial charge on any atom is -0.507 e. The highest BCUT2D eigenvalue weighted by atomic mass is 16.5. The van der Waals surface area contributed by atoms with Gasteiger partial charge in [0.15, 0.2) is 5.43 Å². The number of rotatable bonds is 5. The van der Waals surface area contributed by atoms with Crippen molar-refractivity contribution in [3.8, 4) is 22.8 Å². The van der Waals surface area contributed by atoms with Gasteiger partial charge in [-0.3, -0.25) is 14.4 Å². The highest BCUT2D eigenvalue weighted by molar-refractivity contribution is 5.91. The number of phenolic OH excluding ortho intramolecular Hbond substituents is 2. The summed E-state index contributed by atoms with van der Waals surface area (Å²) in [7, 11) is 0. The lowest BCUT2D eigenvalue weighted by Gasteiger charge is -2.29. The average Bonchev–Trinajstić information content (AvgIpc) is 2.96. The van der Waals surface area contributed by atoms with Gasteiger partial charge in [-0.2, -0.15) is 0 Å². The average molecular weight is 539 g/mol. The van der Waals surface area contributed by atoms with Gasteiger partial charge in [0, 0.05) is 59.8 Å². The van der Waals surface area contributed by atoms with Crippen LogP contribution in [0, 0.1) is 0 Å². The van der Waals surface area contributed by atoms with E-state index in [0.29, 0.717) is 37.4 Å². The third-order valence-corrected chi connectivity index (χ3v) is 7.30. The second-order valence-corrected chi connectivity index (χ2v) is 9.76. The van der Waals surface area contributed by atoms with E-state index in [4.69, 9.17) is 9.15 Å². The van der Waals surface area contributed by atoms with E-state index in [-0.39, 0.29) is 40.2 Å². The number of ether oxygens (including phenoxy) is 1. The molecule has 0 aliphatic carbocycles. The molecule has 1 amide bonds. The van der Waals surface area contributed by atoms with Crippen LogP contribution in [0.25, 0.3) is 33.2 Å². The number of benzene rings is 3. The first-order chi connectivity index (χ1) is 19.4. The molecule has 9 heteroatoms. The molecule has 1 aliphatic heterocycles. The predicted octanol–water partition coefficient (Wildman–Crippen LogP) is 4.09. The first kappa shape index (κ1) is 25.4. The van der Waals surface area contributed by atoms with Crippen molar-refractivity contribution in [1.29, 1.82) is 0 Å². The summed E-state index contributed by atoms with van der Waals surface area (Å²) >= 11 is 0. The molecule has 5 aromatic rings. The monoisotopic (exact) mass is 538 g/mol. The molecule has 1 unspecified atom stereocenters. The van der Waals surface area contributed by atoms with Gasteiger partial charge < -0.3 is 29.3 Å². The Morgan fingerprint density at radius 3 is 2.42 bits per heavy atom. The summed E-state index contributed by atoms with van der Waals surface area (Å²) in [5.41, 5.74) is 0.466. The summed E-state index contributed by atoms with van der Waals surface area (Å²) in [6, 6.07) is 20.2. The van der Waals surface area contributed by atoms with Gasteiger partial charge in [0.05, 0.1) is 13.2 Å². The number of nitrogens with zero attached hydrogens (tertiary/aromatic N) is 1. The minimum atomic E-state index is -0.999. The van der Waals surface area contributed by atoms with E-state index >= 15 is 0 Å². The summed E-state index contributed by atoms with van der Waals surface area (Å²) in [6.45, 7) is 1.59. The molecule has 1 atom stereocenters. The maximum atomic E-state index is 13.5. The molecule has 0 radical (unpaired) electrons. The number of phenols is 2. The van der Waals surface area contributed by atoms with Crippen LogP contribution in [0.3, 0.4) is 0 Å². The summed E-state index contributed by atoms with van der Waals surface area (Å²) in [6.07, 6.45) is -0.186. The molecule has 9 nitrogen and oxygen atoms in total. The van der Waals surface area contributed by atoms with Crippen molar-refractivity contribution in [1.82, 2.24) is 9.88 Å². The van der Waals surface area contributed by atoms with E-state index in [0.717, 1.165) is 11.5 Å². The first-order valence-electron chi connectivity index (χ1n) is 13.0. The number of carbonyl (C=O) groups is 1. The molecule has 2 aromatic heterocycles. The molecule has 3 N–H and O–H groups in total. The van der Waals surface area contributed by atoms with E-state index in [2.05, 4.69) is 4.98 Å². The fourth-order valence-corrected chi connectivity index (χ4v) is 5.31. The largest absolute Gasteiger partial charge is 0.507 e. The lowest BCUT2D eigenvalue weighted by atomic mass is 9.86. The topological polar surface area (TPSA) is 133 Å². The molecule has 6 rings (SSSR count). The Morgan fingerprint density at radius 2 is 1.65 bits per heavy atom. The van der Waals surface area contributed by atoms with Crippen molar-refractivity contribution in [3.05, 3.63) is 105 Å². The number of fused-ring (bicyclic) bond motifs is 2. The third-order valence-electron chi connectivity index (χ3n) is 7.30. The van der Waals surface area contributed by atoms with Crippen LogP contribution in [0.2, 0.25) is 0 Å². The summed E-state index contributed by atoms with van der Waals surface area (Å²) in [5, 5.41) is 22.5. The van der Waals surface area contributed by atoms with Gasteiger partial charge in [0.25, 0.3) is 5.56 Å². The van der Waals surface area contributed by atoms with E-state index in [9.17, 15) is 24.6 Å². The maximum absolute atomic E-state index is 13.5. The normalized spacial score (nSPS) is 14.4. The Kier molecular flexibility index (Phi) is 6.57. The van der Waals surface area contributed by atoms with E-state index < -0.39 is 28.4 Å². The quantitative estimate of drug-likeness (QED) is 0.307. The molecule has 40 heavy (non-hydrogen) atoms. The van der Waals surface area contributed by atoms with E-state index in [1.807, 2.05) is 18.2 Å². The number of hydrogen-bond donors (Lipinski definition) is 3. The Hall–Kier alpha value is -4.89. The zero-order valence-electron chi connectivity index (χ0n) is 21.4. The Morgan fingerprint density at radius 1 is 0.925 bits per heavy atom. The Balaban J connectivity index is 1.61. The molecule has 0 bridgehead atoms. The molecule has 202 valence electrons. The number of morpholine rings is 1. The van der Waals surface area contributed by atoms with Crippen molar-refractivity contribution in [2.24, 2.45) is 0 Å². The molecular formula is C31H26N2O7. The van der Waals surface area contributed by atoms with Gasteiger partial charge >= 0.3 is 0 Å². The van der Waals surface area contributed by atoms with Gasteiger partial charge in [0.1, 0.15) is 28.2 Å². The number of nitrogens with one attached hydrogen (secondary N) is 1. The van der Waals surface area contributed by atoms with Gasteiger partial charge in [0.2, 0.25) is 5.91 Å². The molecule has 1 aliphatic rings. The molecular weight excluding hydrogens is 512 g/mol. The van der Waals surface area contributed by atoms with Crippen LogP contribution in [0.5, 0.6) is 11.5 Å². The van der Waals surface area contributed by atoms with E-state index in [1.54, 1.807) is 47.4 Å². The van der Waals surface area contributed by atoms with Crippen molar-refractivity contribution >= 4 is 27.8 Å². The highest BCUT2D eigenvalue weighted by Crippen LogP contribution is 2.42. The van der Waals surface area contributed by atoms with Crippen molar-refractivity contribution in [3.63, 3.8) is 0 Å². The number of aromatic nitrogens is 1. The van der Waals surface area contributed by atoms with Crippen LogP contribution in [0.15, 0.2) is 86.8 Å². The molecule has 1 fully saturated rings. The number of para-hydroxylation sites is 1.